The molecule has 1 aromatic carbocycles. The molecule has 0 aromatic heterocycles. The topological polar surface area (TPSA) is 42.5 Å². The highest BCUT2D eigenvalue weighted by molar-refractivity contribution is 5.42. The van der Waals surface area contributed by atoms with Gasteiger partial charge in [0, 0.05) is 37.3 Å². The molecule has 0 bridgehead atoms. The zero-order valence-corrected chi connectivity index (χ0v) is 9.75. The second kappa shape index (κ2) is 5.18. The fourth-order valence-corrected chi connectivity index (χ4v) is 1.98. The van der Waals surface area contributed by atoms with Gasteiger partial charge in [0.05, 0.1) is 14.2 Å². The van der Waals surface area contributed by atoms with E-state index in [0.29, 0.717) is 6.04 Å². The van der Waals surface area contributed by atoms with Crippen molar-refractivity contribution in [3.8, 4) is 11.5 Å². The molecule has 0 radical (unpaired) electrons. The van der Waals surface area contributed by atoms with Crippen molar-refractivity contribution >= 4 is 0 Å². The second-order valence-corrected chi connectivity index (χ2v) is 3.82. The Hall–Kier alpha value is -1.26. The van der Waals surface area contributed by atoms with Gasteiger partial charge in [0.25, 0.3) is 0 Å². The van der Waals surface area contributed by atoms with Crippen LogP contribution in [-0.4, -0.2) is 33.9 Å². The lowest BCUT2D eigenvalue weighted by Gasteiger charge is -2.26. The lowest BCUT2D eigenvalue weighted by molar-refractivity contribution is 0.373. The Morgan fingerprint density at radius 1 is 1.19 bits per heavy atom. The van der Waals surface area contributed by atoms with E-state index in [-0.39, 0.29) is 0 Å². The Bertz CT molecular complexity index is 349. The number of methoxy groups -OCH3 is 2. The summed E-state index contributed by atoms with van der Waals surface area (Å²) in [5.41, 5.74) is 1.18. The molecule has 2 N–H and O–H groups in total. The van der Waals surface area contributed by atoms with Gasteiger partial charge < -0.3 is 20.1 Å². The maximum atomic E-state index is 5.39. The van der Waals surface area contributed by atoms with E-state index >= 15 is 0 Å². The highest BCUT2D eigenvalue weighted by Crippen LogP contribution is 2.29. The largest absolute Gasteiger partial charge is 0.497 e. The number of hydrogen-bond donors (Lipinski definition) is 2. The minimum absolute atomic E-state index is 0.314. The average Bonchev–Trinajstić information content (AvgIpc) is 2.39. The highest BCUT2D eigenvalue weighted by atomic mass is 16.5. The highest BCUT2D eigenvalue weighted by Gasteiger charge is 2.18. The van der Waals surface area contributed by atoms with Gasteiger partial charge in [-0.25, -0.2) is 0 Å². The van der Waals surface area contributed by atoms with E-state index in [1.165, 1.54) is 5.56 Å². The van der Waals surface area contributed by atoms with Gasteiger partial charge in [0.1, 0.15) is 11.5 Å². The standard InChI is InChI=1S/C12H18N2O2/c1-15-9-3-4-10(12(7-9)16-2)11-8-13-5-6-14-11/h3-4,7,11,13-14H,5-6,8H2,1-2H3. The van der Waals surface area contributed by atoms with Gasteiger partial charge in [0.15, 0.2) is 0 Å². The predicted molar refractivity (Wildman–Crippen MR) is 63.2 cm³/mol. The smallest absolute Gasteiger partial charge is 0.127 e. The lowest BCUT2D eigenvalue weighted by Crippen LogP contribution is -2.42. The molecule has 1 aliphatic rings. The first-order valence-electron chi connectivity index (χ1n) is 5.51. The fraction of sp³-hybridized carbons (Fsp3) is 0.500. The van der Waals surface area contributed by atoms with Crippen LogP contribution in [0.25, 0.3) is 0 Å². The quantitative estimate of drug-likeness (QED) is 0.798. The minimum Gasteiger partial charge on any atom is -0.497 e. The maximum Gasteiger partial charge on any atom is 0.127 e. The third-order valence-corrected chi connectivity index (χ3v) is 2.86. The molecule has 0 aliphatic carbocycles. The molecule has 4 heteroatoms. The van der Waals surface area contributed by atoms with Crippen molar-refractivity contribution in [1.82, 2.24) is 10.6 Å². The number of nitrogens with one attached hydrogen (secondary N) is 2. The van der Waals surface area contributed by atoms with E-state index in [1.54, 1.807) is 14.2 Å². The molecule has 0 amide bonds. The van der Waals surface area contributed by atoms with E-state index < -0.39 is 0 Å². The maximum absolute atomic E-state index is 5.39. The summed E-state index contributed by atoms with van der Waals surface area (Å²) in [4.78, 5) is 0. The molecule has 0 saturated carbocycles. The summed E-state index contributed by atoms with van der Waals surface area (Å²) in [6.45, 7) is 2.94. The van der Waals surface area contributed by atoms with Gasteiger partial charge in [0.2, 0.25) is 0 Å². The molecule has 0 spiro atoms. The summed E-state index contributed by atoms with van der Waals surface area (Å²) in [6, 6.07) is 6.26. The van der Waals surface area contributed by atoms with Crippen LogP contribution in [0.2, 0.25) is 0 Å². The van der Waals surface area contributed by atoms with E-state index in [4.69, 9.17) is 9.47 Å². The number of ether oxygens (including phenoxy) is 2. The second-order valence-electron chi connectivity index (χ2n) is 3.82. The van der Waals surface area contributed by atoms with Crippen molar-refractivity contribution in [3.05, 3.63) is 23.8 Å². The molecule has 1 aliphatic heterocycles. The lowest BCUT2D eigenvalue weighted by atomic mass is 10.0. The van der Waals surface area contributed by atoms with Crippen molar-refractivity contribution in [2.24, 2.45) is 0 Å². The van der Waals surface area contributed by atoms with Crippen LogP contribution in [0.15, 0.2) is 18.2 Å². The summed E-state index contributed by atoms with van der Waals surface area (Å²) in [7, 11) is 3.35. The van der Waals surface area contributed by atoms with Gasteiger partial charge in [-0.1, -0.05) is 6.07 Å². The van der Waals surface area contributed by atoms with Crippen LogP contribution in [-0.2, 0) is 0 Å². The first kappa shape index (κ1) is 11.2. The number of piperazine rings is 1. The Kier molecular flexibility index (Phi) is 3.64. The molecule has 1 saturated heterocycles. The molecule has 1 heterocycles. The van der Waals surface area contributed by atoms with Gasteiger partial charge in [-0.2, -0.15) is 0 Å². The first-order valence-corrected chi connectivity index (χ1v) is 5.51. The minimum atomic E-state index is 0.314. The summed E-state index contributed by atoms with van der Waals surface area (Å²) >= 11 is 0. The van der Waals surface area contributed by atoms with E-state index in [2.05, 4.69) is 16.7 Å². The van der Waals surface area contributed by atoms with Gasteiger partial charge in [-0.05, 0) is 6.07 Å². The van der Waals surface area contributed by atoms with E-state index in [9.17, 15) is 0 Å². The number of rotatable bonds is 3. The monoisotopic (exact) mass is 222 g/mol. The summed E-state index contributed by atoms with van der Waals surface area (Å²) in [5.74, 6) is 1.70. The third kappa shape index (κ3) is 2.28. The number of hydrogen-bond acceptors (Lipinski definition) is 4. The van der Waals surface area contributed by atoms with Crippen LogP contribution in [0.1, 0.15) is 11.6 Å². The summed E-state index contributed by atoms with van der Waals surface area (Å²) in [5, 5.41) is 6.83. The molecular formula is C12H18N2O2. The van der Waals surface area contributed by atoms with Crippen LogP contribution in [0.3, 0.4) is 0 Å². The summed E-state index contributed by atoms with van der Waals surface area (Å²) < 4.78 is 10.6. The Labute approximate surface area is 95.9 Å². The molecule has 88 valence electrons. The van der Waals surface area contributed by atoms with E-state index in [0.717, 1.165) is 31.1 Å². The van der Waals surface area contributed by atoms with Crippen molar-refractivity contribution in [3.63, 3.8) is 0 Å². The van der Waals surface area contributed by atoms with Crippen LogP contribution in [0, 0.1) is 0 Å². The Morgan fingerprint density at radius 3 is 2.69 bits per heavy atom. The molecule has 16 heavy (non-hydrogen) atoms. The molecule has 4 nitrogen and oxygen atoms in total. The molecule has 1 aromatic rings. The Morgan fingerprint density at radius 2 is 2.06 bits per heavy atom. The molecule has 1 unspecified atom stereocenters. The predicted octanol–water partition coefficient (Wildman–Crippen LogP) is 0.938. The Balaban J connectivity index is 2.24. The van der Waals surface area contributed by atoms with Crippen LogP contribution >= 0.6 is 0 Å². The van der Waals surface area contributed by atoms with Crippen LogP contribution in [0.5, 0.6) is 11.5 Å². The zero-order chi connectivity index (χ0) is 11.4. The van der Waals surface area contributed by atoms with Crippen molar-refractivity contribution in [1.29, 1.82) is 0 Å². The molecule has 1 atom stereocenters. The van der Waals surface area contributed by atoms with Gasteiger partial charge in [-0.15, -0.1) is 0 Å². The fourth-order valence-electron chi connectivity index (χ4n) is 1.98. The third-order valence-electron chi connectivity index (χ3n) is 2.86. The van der Waals surface area contributed by atoms with Crippen LogP contribution in [0.4, 0.5) is 0 Å². The van der Waals surface area contributed by atoms with E-state index in [1.807, 2.05) is 12.1 Å². The molecular weight excluding hydrogens is 204 g/mol. The van der Waals surface area contributed by atoms with Crippen molar-refractivity contribution < 1.29 is 9.47 Å². The number of benzene rings is 1. The SMILES string of the molecule is COc1ccc(C2CNCCN2)c(OC)c1. The summed E-state index contributed by atoms with van der Waals surface area (Å²) in [6.07, 6.45) is 0. The van der Waals surface area contributed by atoms with Gasteiger partial charge in [-0.3, -0.25) is 0 Å². The van der Waals surface area contributed by atoms with Gasteiger partial charge >= 0.3 is 0 Å². The first-order chi connectivity index (χ1) is 7.85. The zero-order valence-electron chi connectivity index (χ0n) is 9.75. The normalized spacial score (nSPS) is 20.5. The molecule has 1 fully saturated rings. The average molecular weight is 222 g/mol. The van der Waals surface area contributed by atoms with Crippen LogP contribution < -0.4 is 20.1 Å². The van der Waals surface area contributed by atoms with Crippen molar-refractivity contribution in [2.45, 2.75) is 6.04 Å². The molecule has 2 rings (SSSR count). The van der Waals surface area contributed by atoms with Crippen molar-refractivity contribution in [2.75, 3.05) is 33.9 Å².